The Morgan fingerprint density at radius 2 is 2.05 bits per heavy atom. The van der Waals surface area contributed by atoms with E-state index in [1.807, 2.05) is 0 Å². The van der Waals surface area contributed by atoms with E-state index in [1.54, 1.807) is 6.07 Å². The molecule has 0 N–H and O–H groups in total. The molecule has 0 aliphatic rings. The van der Waals surface area contributed by atoms with E-state index in [1.165, 1.54) is 30.3 Å². The smallest absolute Gasteiger partial charge is 0.338 e. The first-order valence-corrected chi connectivity index (χ1v) is 6.62. The van der Waals surface area contributed by atoms with Crippen LogP contribution in [-0.2, 0) is 11.3 Å². The zero-order chi connectivity index (χ0) is 15.4. The molecule has 0 saturated heterocycles. The predicted octanol–water partition coefficient (Wildman–Crippen LogP) is 3.85. The van der Waals surface area contributed by atoms with Gasteiger partial charge in [-0.2, -0.15) is 0 Å². The number of hydrogen-bond donors (Lipinski definition) is 0. The van der Waals surface area contributed by atoms with Crippen LogP contribution in [0.5, 0.6) is 0 Å². The molecule has 21 heavy (non-hydrogen) atoms. The molecule has 2 aromatic carbocycles. The van der Waals surface area contributed by atoms with Crippen LogP contribution in [0.4, 0.5) is 10.1 Å². The van der Waals surface area contributed by atoms with E-state index in [2.05, 4.69) is 15.9 Å². The highest BCUT2D eigenvalue weighted by Gasteiger charge is 2.13. The van der Waals surface area contributed by atoms with E-state index in [-0.39, 0.29) is 23.4 Å². The molecule has 108 valence electrons. The number of carbonyl (C=O) groups excluding carboxylic acids is 1. The summed E-state index contributed by atoms with van der Waals surface area (Å²) in [5.41, 5.74) is 0.0537. The van der Waals surface area contributed by atoms with Crippen LogP contribution in [0.2, 0.25) is 0 Å². The number of benzene rings is 2. The summed E-state index contributed by atoms with van der Waals surface area (Å²) in [5.74, 6) is -1.25. The molecular weight excluding hydrogens is 345 g/mol. The Hall–Kier alpha value is -2.28. The fourth-order valence-electron chi connectivity index (χ4n) is 1.61. The van der Waals surface area contributed by atoms with E-state index in [0.717, 1.165) is 6.07 Å². The van der Waals surface area contributed by atoms with E-state index < -0.39 is 16.7 Å². The monoisotopic (exact) mass is 353 g/mol. The molecule has 0 aromatic heterocycles. The van der Waals surface area contributed by atoms with Crippen LogP contribution in [0.25, 0.3) is 0 Å². The molecule has 0 heterocycles. The fourth-order valence-corrected chi connectivity index (χ4v) is 1.94. The second kappa shape index (κ2) is 6.45. The van der Waals surface area contributed by atoms with Gasteiger partial charge in [-0.3, -0.25) is 10.1 Å². The molecule has 0 unspecified atom stereocenters. The highest BCUT2D eigenvalue weighted by Crippen LogP contribution is 2.18. The summed E-state index contributed by atoms with van der Waals surface area (Å²) in [5, 5.41) is 10.6. The van der Waals surface area contributed by atoms with Gasteiger partial charge in [-0.05, 0) is 18.2 Å². The van der Waals surface area contributed by atoms with Gasteiger partial charge in [-0.15, -0.1) is 0 Å². The fraction of sp³-hybridized carbons (Fsp3) is 0.0714. The van der Waals surface area contributed by atoms with Crippen molar-refractivity contribution in [3.63, 3.8) is 0 Å². The normalized spacial score (nSPS) is 10.2. The minimum Gasteiger partial charge on any atom is -0.457 e. The molecule has 0 radical (unpaired) electrons. The van der Waals surface area contributed by atoms with Gasteiger partial charge in [-0.1, -0.05) is 28.1 Å². The molecule has 0 bridgehead atoms. The van der Waals surface area contributed by atoms with Crippen molar-refractivity contribution in [2.24, 2.45) is 0 Å². The zero-order valence-electron chi connectivity index (χ0n) is 10.6. The molecule has 0 amide bonds. The lowest BCUT2D eigenvalue weighted by atomic mass is 10.2. The van der Waals surface area contributed by atoms with Gasteiger partial charge >= 0.3 is 5.97 Å². The van der Waals surface area contributed by atoms with Gasteiger partial charge in [0, 0.05) is 22.2 Å². The Balaban J connectivity index is 2.08. The highest BCUT2D eigenvalue weighted by atomic mass is 79.9. The molecule has 0 aliphatic heterocycles. The molecule has 0 atom stereocenters. The van der Waals surface area contributed by atoms with Crippen molar-refractivity contribution in [2.45, 2.75) is 6.61 Å². The van der Waals surface area contributed by atoms with Crippen molar-refractivity contribution in [1.82, 2.24) is 0 Å². The number of hydrogen-bond acceptors (Lipinski definition) is 4. The molecule has 0 spiro atoms. The quantitative estimate of drug-likeness (QED) is 0.475. The number of rotatable bonds is 4. The summed E-state index contributed by atoms with van der Waals surface area (Å²) in [7, 11) is 0. The maximum Gasteiger partial charge on any atom is 0.338 e. The summed E-state index contributed by atoms with van der Waals surface area (Å²) < 4.78 is 19.1. The Labute approximate surface area is 127 Å². The first kappa shape index (κ1) is 15.1. The molecule has 0 saturated carbocycles. The molecule has 5 nitrogen and oxygen atoms in total. The average molecular weight is 354 g/mol. The van der Waals surface area contributed by atoms with Crippen molar-refractivity contribution < 1.29 is 18.8 Å². The van der Waals surface area contributed by atoms with Gasteiger partial charge in [0.25, 0.3) is 5.69 Å². The largest absolute Gasteiger partial charge is 0.457 e. The minimum absolute atomic E-state index is 0.0433. The lowest BCUT2D eigenvalue weighted by Gasteiger charge is -2.06. The predicted molar refractivity (Wildman–Crippen MR) is 76.3 cm³/mol. The first-order chi connectivity index (χ1) is 9.97. The summed E-state index contributed by atoms with van der Waals surface area (Å²) >= 11 is 3.12. The van der Waals surface area contributed by atoms with E-state index in [4.69, 9.17) is 4.74 Å². The first-order valence-electron chi connectivity index (χ1n) is 5.83. The third kappa shape index (κ3) is 3.85. The van der Waals surface area contributed by atoms with Gasteiger partial charge in [0.15, 0.2) is 0 Å². The van der Waals surface area contributed by atoms with Crippen LogP contribution in [0, 0.1) is 15.9 Å². The van der Waals surface area contributed by atoms with Crippen LogP contribution in [-0.4, -0.2) is 10.9 Å². The van der Waals surface area contributed by atoms with Crippen LogP contribution in [0.1, 0.15) is 15.9 Å². The number of esters is 1. The topological polar surface area (TPSA) is 69.4 Å². The van der Waals surface area contributed by atoms with E-state index in [0.29, 0.717) is 4.47 Å². The van der Waals surface area contributed by atoms with E-state index in [9.17, 15) is 19.3 Å². The van der Waals surface area contributed by atoms with Gasteiger partial charge in [0.2, 0.25) is 0 Å². The van der Waals surface area contributed by atoms with Crippen molar-refractivity contribution >= 4 is 27.6 Å². The Kier molecular flexibility index (Phi) is 4.64. The number of non-ortho nitro benzene ring substituents is 1. The summed E-state index contributed by atoms with van der Waals surface area (Å²) in [6.07, 6.45) is 0. The zero-order valence-corrected chi connectivity index (χ0v) is 12.2. The van der Waals surface area contributed by atoms with Crippen LogP contribution in [0.3, 0.4) is 0 Å². The third-order valence-electron chi connectivity index (χ3n) is 2.67. The lowest BCUT2D eigenvalue weighted by Crippen LogP contribution is -2.06. The van der Waals surface area contributed by atoms with Crippen LogP contribution < -0.4 is 0 Å². The average Bonchev–Trinajstić information content (AvgIpc) is 2.46. The number of nitrogens with zero attached hydrogens (tertiary/aromatic N) is 1. The standard InChI is InChI=1S/C14H9BrFNO4/c15-11-5-4-10(13(16)7-11)8-21-14(18)9-2-1-3-12(6-9)17(19)20/h1-7H,8H2. The molecular formula is C14H9BrFNO4. The number of ether oxygens (including phenoxy) is 1. The summed E-state index contributed by atoms with van der Waals surface area (Å²) in [6.45, 7) is -0.249. The van der Waals surface area contributed by atoms with Crippen LogP contribution in [0.15, 0.2) is 46.9 Å². The SMILES string of the molecule is O=C(OCc1ccc(Br)cc1F)c1cccc([N+](=O)[O-])c1. The second-order valence-corrected chi connectivity index (χ2v) is 5.03. The van der Waals surface area contributed by atoms with Gasteiger partial charge in [0.05, 0.1) is 10.5 Å². The molecule has 0 aliphatic carbocycles. The summed E-state index contributed by atoms with van der Waals surface area (Å²) in [4.78, 5) is 21.8. The number of halogens is 2. The number of nitro groups is 1. The Morgan fingerprint density at radius 1 is 1.29 bits per heavy atom. The lowest BCUT2D eigenvalue weighted by molar-refractivity contribution is -0.384. The number of carbonyl (C=O) groups is 1. The maximum absolute atomic E-state index is 13.6. The molecule has 2 rings (SSSR count). The van der Waals surface area contributed by atoms with Gasteiger partial charge < -0.3 is 4.74 Å². The van der Waals surface area contributed by atoms with Crippen LogP contribution >= 0.6 is 15.9 Å². The van der Waals surface area contributed by atoms with Gasteiger partial charge in [-0.25, -0.2) is 9.18 Å². The number of nitro benzene ring substituents is 1. The summed E-state index contributed by atoms with van der Waals surface area (Å²) in [6, 6.07) is 9.53. The van der Waals surface area contributed by atoms with Crippen molar-refractivity contribution in [1.29, 1.82) is 0 Å². The maximum atomic E-state index is 13.6. The molecule has 0 fully saturated rings. The Bertz CT molecular complexity index is 705. The van der Waals surface area contributed by atoms with Crippen molar-refractivity contribution in [3.8, 4) is 0 Å². The highest BCUT2D eigenvalue weighted by molar-refractivity contribution is 9.10. The van der Waals surface area contributed by atoms with Crippen molar-refractivity contribution in [3.05, 3.63) is 74.0 Å². The Morgan fingerprint density at radius 3 is 2.71 bits per heavy atom. The molecule has 2 aromatic rings. The minimum atomic E-state index is -0.749. The third-order valence-corrected chi connectivity index (χ3v) is 3.16. The molecule has 7 heteroatoms. The van der Waals surface area contributed by atoms with Gasteiger partial charge in [0.1, 0.15) is 12.4 Å². The van der Waals surface area contributed by atoms with E-state index >= 15 is 0 Å². The second-order valence-electron chi connectivity index (χ2n) is 4.12. The van der Waals surface area contributed by atoms with Crippen molar-refractivity contribution in [2.75, 3.05) is 0 Å².